The number of hydrogen-bond donors (Lipinski definition) is 1. The van der Waals surface area contributed by atoms with Crippen molar-refractivity contribution < 1.29 is 4.39 Å². The fourth-order valence-corrected chi connectivity index (χ4v) is 4.01. The van der Waals surface area contributed by atoms with Gasteiger partial charge < -0.3 is 10.2 Å². The van der Waals surface area contributed by atoms with E-state index >= 15 is 0 Å². The summed E-state index contributed by atoms with van der Waals surface area (Å²) in [6.45, 7) is 3.32. The predicted molar refractivity (Wildman–Crippen MR) is 84.7 cm³/mol. The van der Waals surface area contributed by atoms with Gasteiger partial charge in [0.25, 0.3) is 0 Å². The van der Waals surface area contributed by atoms with Crippen LogP contribution in [-0.2, 0) is 0 Å². The highest BCUT2D eigenvalue weighted by Crippen LogP contribution is 2.40. The number of hydrogen-bond acceptors (Lipinski definition) is 2. The number of nitrogens with zero attached hydrogens (tertiary/aromatic N) is 1. The zero-order chi connectivity index (χ0) is 14.1. The van der Waals surface area contributed by atoms with E-state index in [1.165, 1.54) is 32.1 Å². The minimum atomic E-state index is -0.159. The maximum atomic E-state index is 13.8. The van der Waals surface area contributed by atoms with Crippen molar-refractivity contribution in [2.24, 2.45) is 0 Å². The average molecular weight is 341 g/mol. The van der Waals surface area contributed by atoms with Gasteiger partial charge in [-0.25, -0.2) is 4.39 Å². The molecule has 1 aromatic rings. The Morgan fingerprint density at radius 1 is 1.30 bits per heavy atom. The Labute approximate surface area is 128 Å². The molecule has 0 aromatic heterocycles. The zero-order valence-corrected chi connectivity index (χ0v) is 13.5. The number of rotatable bonds is 4. The van der Waals surface area contributed by atoms with Crippen LogP contribution in [0.25, 0.3) is 0 Å². The quantitative estimate of drug-likeness (QED) is 0.888. The Balaban J connectivity index is 1.74. The second-order valence-electron chi connectivity index (χ2n) is 6.01. The van der Waals surface area contributed by atoms with Crippen LogP contribution in [0, 0.1) is 5.82 Å². The van der Waals surface area contributed by atoms with E-state index in [2.05, 4.69) is 33.1 Å². The summed E-state index contributed by atoms with van der Waals surface area (Å²) in [7, 11) is 0. The third kappa shape index (κ3) is 2.73. The van der Waals surface area contributed by atoms with Gasteiger partial charge in [0.1, 0.15) is 5.82 Å². The highest BCUT2D eigenvalue weighted by atomic mass is 79.9. The minimum absolute atomic E-state index is 0.159. The molecule has 0 spiro atoms. The number of benzene rings is 1. The average Bonchev–Trinajstić information content (AvgIpc) is 2.71. The Bertz CT molecular complexity index is 466. The second-order valence-corrected chi connectivity index (χ2v) is 6.87. The monoisotopic (exact) mass is 340 g/mol. The Hall–Kier alpha value is -0.610. The molecule has 0 amide bonds. The molecule has 2 fully saturated rings. The molecule has 2 aliphatic heterocycles. The van der Waals surface area contributed by atoms with E-state index in [1.54, 1.807) is 6.07 Å². The Kier molecular flexibility index (Phi) is 4.32. The third-order valence-electron chi connectivity index (χ3n) is 4.62. The van der Waals surface area contributed by atoms with Gasteiger partial charge >= 0.3 is 0 Å². The van der Waals surface area contributed by atoms with Crippen LogP contribution in [0.15, 0.2) is 22.7 Å². The third-order valence-corrected chi connectivity index (χ3v) is 5.26. The van der Waals surface area contributed by atoms with Crippen LogP contribution < -0.4 is 10.2 Å². The van der Waals surface area contributed by atoms with Gasteiger partial charge in [0, 0.05) is 23.8 Å². The molecule has 3 rings (SSSR count). The van der Waals surface area contributed by atoms with Crippen molar-refractivity contribution in [1.29, 1.82) is 0 Å². The lowest BCUT2D eigenvalue weighted by atomic mass is 9.96. The predicted octanol–water partition coefficient (Wildman–Crippen LogP) is 4.09. The first-order valence-electron chi connectivity index (χ1n) is 7.65. The highest BCUT2D eigenvalue weighted by Gasteiger charge is 2.40. The van der Waals surface area contributed by atoms with Crippen LogP contribution in [0.2, 0.25) is 0 Å². The van der Waals surface area contributed by atoms with Crippen molar-refractivity contribution >= 4 is 21.6 Å². The topological polar surface area (TPSA) is 15.3 Å². The first-order valence-corrected chi connectivity index (χ1v) is 8.45. The zero-order valence-electron chi connectivity index (χ0n) is 11.9. The van der Waals surface area contributed by atoms with Gasteiger partial charge in [0.15, 0.2) is 0 Å². The summed E-state index contributed by atoms with van der Waals surface area (Å²) in [5, 5.41) is 3.66. The van der Waals surface area contributed by atoms with Crippen molar-refractivity contribution in [2.75, 3.05) is 11.4 Å². The first kappa shape index (κ1) is 14.3. The van der Waals surface area contributed by atoms with Gasteiger partial charge in [-0.15, -0.1) is 0 Å². The van der Waals surface area contributed by atoms with E-state index in [9.17, 15) is 4.39 Å². The number of piperidine rings is 1. The fraction of sp³-hybridized carbons (Fsp3) is 0.625. The van der Waals surface area contributed by atoms with Crippen molar-refractivity contribution in [2.45, 2.75) is 57.2 Å². The van der Waals surface area contributed by atoms with Gasteiger partial charge in [-0.3, -0.25) is 0 Å². The minimum Gasteiger partial charge on any atom is -0.365 e. The molecule has 2 saturated heterocycles. The summed E-state index contributed by atoms with van der Waals surface area (Å²) in [4.78, 5) is 2.46. The van der Waals surface area contributed by atoms with Gasteiger partial charge in [-0.1, -0.05) is 6.92 Å². The van der Waals surface area contributed by atoms with Gasteiger partial charge in [0.2, 0.25) is 0 Å². The van der Waals surface area contributed by atoms with Crippen LogP contribution >= 0.6 is 15.9 Å². The summed E-state index contributed by atoms with van der Waals surface area (Å²) >= 11 is 3.23. The molecule has 2 nitrogen and oxygen atoms in total. The van der Waals surface area contributed by atoms with Crippen LogP contribution in [-0.4, -0.2) is 24.7 Å². The summed E-state index contributed by atoms with van der Waals surface area (Å²) in [5.41, 5.74) is 1.05. The molecule has 1 aromatic carbocycles. The SMILES string of the molecule is CCCNC1CC2CCC(C1)N2c1ccc(Br)c(F)c1. The number of fused-ring (bicyclic) bond motifs is 2. The summed E-state index contributed by atoms with van der Waals surface area (Å²) < 4.78 is 14.3. The highest BCUT2D eigenvalue weighted by molar-refractivity contribution is 9.10. The molecule has 20 heavy (non-hydrogen) atoms. The van der Waals surface area contributed by atoms with Crippen LogP contribution in [0.5, 0.6) is 0 Å². The molecule has 110 valence electrons. The molecule has 0 saturated carbocycles. The molecule has 2 bridgehead atoms. The van der Waals surface area contributed by atoms with E-state index in [-0.39, 0.29) is 5.82 Å². The molecule has 0 radical (unpaired) electrons. The normalized spacial score (nSPS) is 28.9. The smallest absolute Gasteiger partial charge is 0.139 e. The molecular formula is C16H22BrFN2. The van der Waals surface area contributed by atoms with Crippen molar-refractivity contribution in [1.82, 2.24) is 5.32 Å². The number of anilines is 1. The van der Waals surface area contributed by atoms with E-state index < -0.39 is 0 Å². The van der Waals surface area contributed by atoms with E-state index in [0.717, 1.165) is 12.2 Å². The van der Waals surface area contributed by atoms with Crippen molar-refractivity contribution in [3.63, 3.8) is 0 Å². The molecule has 4 heteroatoms. The molecule has 2 unspecified atom stereocenters. The molecule has 0 aliphatic carbocycles. The Morgan fingerprint density at radius 3 is 2.60 bits per heavy atom. The standard InChI is InChI=1S/C16H22BrFN2/c1-2-7-19-11-8-12-3-4-13(9-11)20(12)14-5-6-15(17)16(18)10-14/h5-6,10-13,19H,2-4,7-9H2,1H3. The van der Waals surface area contributed by atoms with E-state index in [0.29, 0.717) is 22.6 Å². The summed E-state index contributed by atoms with van der Waals surface area (Å²) in [6, 6.07) is 7.33. The number of halogens is 2. The lowest BCUT2D eigenvalue weighted by Gasteiger charge is -2.41. The lowest BCUT2D eigenvalue weighted by Crippen LogP contribution is -2.49. The second kappa shape index (κ2) is 6.02. The molecule has 1 N–H and O–H groups in total. The number of nitrogens with one attached hydrogen (secondary N) is 1. The van der Waals surface area contributed by atoms with Gasteiger partial charge in [-0.2, -0.15) is 0 Å². The van der Waals surface area contributed by atoms with Crippen molar-refractivity contribution in [3.05, 3.63) is 28.5 Å². The van der Waals surface area contributed by atoms with Gasteiger partial charge in [0.05, 0.1) is 4.47 Å². The summed E-state index contributed by atoms with van der Waals surface area (Å²) in [6.07, 6.45) is 6.05. The first-order chi connectivity index (χ1) is 9.69. The molecule has 2 aliphatic rings. The van der Waals surface area contributed by atoms with Gasteiger partial charge in [-0.05, 0) is 72.8 Å². The van der Waals surface area contributed by atoms with Crippen LogP contribution in [0.3, 0.4) is 0 Å². The van der Waals surface area contributed by atoms with Crippen LogP contribution in [0.1, 0.15) is 39.0 Å². The van der Waals surface area contributed by atoms with E-state index in [1.807, 2.05) is 12.1 Å². The fourth-order valence-electron chi connectivity index (χ4n) is 3.76. The Morgan fingerprint density at radius 2 is 2.00 bits per heavy atom. The van der Waals surface area contributed by atoms with E-state index in [4.69, 9.17) is 0 Å². The molecule has 2 atom stereocenters. The summed E-state index contributed by atoms with van der Waals surface area (Å²) in [5.74, 6) is -0.159. The maximum absolute atomic E-state index is 13.8. The van der Waals surface area contributed by atoms with Crippen LogP contribution in [0.4, 0.5) is 10.1 Å². The van der Waals surface area contributed by atoms with Crippen molar-refractivity contribution in [3.8, 4) is 0 Å². The maximum Gasteiger partial charge on any atom is 0.139 e. The largest absolute Gasteiger partial charge is 0.365 e. The lowest BCUT2D eigenvalue weighted by molar-refractivity contribution is 0.356. The molecular weight excluding hydrogens is 319 g/mol. The molecule has 2 heterocycles.